The fraction of sp³-hybridized carbons (Fsp3) is 0.250. The zero-order valence-electron chi connectivity index (χ0n) is 9.03. The first-order valence-corrected chi connectivity index (χ1v) is 4.95. The number of benzene rings is 1. The minimum atomic E-state index is -0.733. The van der Waals surface area contributed by atoms with E-state index in [0.29, 0.717) is 6.42 Å². The SMILES string of the molecule is C=CCC(C)NC(=O)c1ccc(O)cc1F. The first-order chi connectivity index (χ1) is 7.54. The molecule has 0 saturated heterocycles. The van der Waals surface area contributed by atoms with Gasteiger partial charge in [0.1, 0.15) is 11.6 Å². The first-order valence-electron chi connectivity index (χ1n) is 4.95. The Balaban J connectivity index is 2.76. The quantitative estimate of drug-likeness (QED) is 0.769. The molecule has 0 saturated carbocycles. The summed E-state index contributed by atoms with van der Waals surface area (Å²) in [5, 5.41) is 11.6. The van der Waals surface area contributed by atoms with Gasteiger partial charge in [0.2, 0.25) is 0 Å². The van der Waals surface area contributed by atoms with Crippen LogP contribution < -0.4 is 5.32 Å². The standard InChI is InChI=1S/C12H14FNO2/c1-3-4-8(2)14-12(16)10-6-5-9(15)7-11(10)13/h3,5-8,15H,1,4H2,2H3,(H,14,16). The van der Waals surface area contributed by atoms with Crippen LogP contribution in [0.4, 0.5) is 4.39 Å². The highest BCUT2D eigenvalue weighted by atomic mass is 19.1. The van der Waals surface area contributed by atoms with E-state index in [1.54, 1.807) is 13.0 Å². The van der Waals surface area contributed by atoms with Gasteiger partial charge in [0, 0.05) is 12.1 Å². The summed E-state index contributed by atoms with van der Waals surface area (Å²) in [5.74, 6) is -1.43. The number of aromatic hydroxyl groups is 1. The van der Waals surface area contributed by atoms with Gasteiger partial charge >= 0.3 is 0 Å². The molecule has 16 heavy (non-hydrogen) atoms. The average Bonchev–Trinajstić information content (AvgIpc) is 2.17. The van der Waals surface area contributed by atoms with E-state index in [9.17, 15) is 9.18 Å². The fourth-order valence-electron chi connectivity index (χ4n) is 1.30. The highest BCUT2D eigenvalue weighted by Crippen LogP contribution is 2.15. The highest BCUT2D eigenvalue weighted by molar-refractivity contribution is 5.94. The van der Waals surface area contributed by atoms with Gasteiger partial charge in [0.25, 0.3) is 5.91 Å². The predicted molar refractivity (Wildman–Crippen MR) is 59.8 cm³/mol. The van der Waals surface area contributed by atoms with E-state index in [1.165, 1.54) is 12.1 Å². The maximum atomic E-state index is 13.3. The molecule has 0 aromatic heterocycles. The normalized spacial score (nSPS) is 11.9. The van der Waals surface area contributed by atoms with Crippen molar-refractivity contribution in [3.05, 3.63) is 42.2 Å². The van der Waals surface area contributed by atoms with Gasteiger partial charge in [-0.15, -0.1) is 6.58 Å². The van der Waals surface area contributed by atoms with Gasteiger partial charge in [-0.3, -0.25) is 4.79 Å². The molecule has 1 atom stereocenters. The Kier molecular flexibility index (Phi) is 4.05. The number of hydrogen-bond acceptors (Lipinski definition) is 2. The zero-order valence-corrected chi connectivity index (χ0v) is 9.03. The number of carbonyl (C=O) groups is 1. The lowest BCUT2D eigenvalue weighted by Gasteiger charge is -2.12. The maximum Gasteiger partial charge on any atom is 0.254 e. The van der Waals surface area contributed by atoms with Crippen LogP contribution in [-0.4, -0.2) is 17.1 Å². The van der Waals surface area contributed by atoms with E-state index < -0.39 is 11.7 Å². The lowest BCUT2D eigenvalue weighted by atomic mass is 10.1. The molecule has 0 spiro atoms. The molecule has 1 aromatic carbocycles. The third kappa shape index (κ3) is 3.08. The van der Waals surface area contributed by atoms with Crippen LogP contribution in [0.25, 0.3) is 0 Å². The van der Waals surface area contributed by atoms with Crippen molar-refractivity contribution in [3.63, 3.8) is 0 Å². The van der Waals surface area contributed by atoms with Crippen LogP contribution in [0.3, 0.4) is 0 Å². The van der Waals surface area contributed by atoms with Crippen LogP contribution in [0.2, 0.25) is 0 Å². The Morgan fingerprint density at radius 3 is 2.94 bits per heavy atom. The molecule has 4 heteroatoms. The summed E-state index contributed by atoms with van der Waals surface area (Å²) in [7, 11) is 0. The predicted octanol–water partition coefficient (Wildman–Crippen LogP) is 2.23. The summed E-state index contributed by atoms with van der Waals surface area (Å²) in [6, 6.07) is 3.34. The van der Waals surface area contributed by atoms with E-state index in [4.69, 9.17) is 5.11 Å². The minimum absolute atomic E-state index is 0.0753. The van der Waals surface area contributed by atoms with Crippen molar-refractivity contribution in [1.82, 2.24) is 5.32 Å². The second-order valence-corrected chi connectivity index (χ2v) is 3.56. The Bertz CT molecular complexity index is 404. The van der Waals surface area contributed by atoms with Crippen molar-refractivity contribution in [1.29, 1.82) is 0 Å². The molecule has 2 N–H and O–H groups in total. The second kappa shape index (κ2) is 5.30. The summed E-state index contributed by atoms with van der Waals surface area (Å²) in [6.45, 7) is 5.35. The number of hydrogen-bond donors (Lipinski definition) is 2. The monoisotopic (exact) mass is 223 g/mol. The lowest BCUT2D eigenvalue weighted by Crippen LogP contribution is -2.32. The summed E-state index contributed by atoms with van der Waals surface area (Å²) in [5.41, 5.74) is -0.0753. The van der Waals surface area contributed by atoms with Gasteiger partial charge in [-0.2, -0.15) is 0 Å². The van der Waals surface area contributed by atoms with Gasteiger partial charge in [-0.1, -0.05) is 6.08 Å². The minimum Gasteiger partial charge on any atom is -0.508 e. The smallest absolute Gasteiger partial charge is 0.254 e. The molecule has 0 aliphatic rings. The Morgan fingerprint density at radius 2 is 2.38 bits per heavy atom. The maximum absolute atomic E-state index is 13.3. The van der Waals surface area contributed by atoms with Crippen LogP contribution in [0, 0.1) is 5.82 Å². The average molecular weight is 223 g/mol. The third-order valence-corrected chi connectivity index (χ3v) is 2.10. The van der Waals surface area contributed by atoms with Crippen LogP contribution in [0.5, 0.6) is 5.75 Å². The van der Waals surface area contributed by atoms with Crippen LogP contribution in [0.1, 0.15) is 23.7 Å². The highest BCUT2D eigenvalue weighted by Gasteiger charge is 2.13. The molecule has 0 aliphatic carbocycles. The Labute approximate surface area is 93.6 Å². The van der Waals surface area contributed by atoms with Gasteiger partial charge in [-0.05, 0) is 25.5 Å². The van der Waals surface area contributed by atoms with Gasteiger partial charge in [0.15, 0.2) is 0 Å². The van der Waals surface area contributed by atoms with Crippen molar-refractivity contribution in [2.75, 3.05) is 0 Å². The van der Waals surface area contributed by atoms with Gasteiger partial charge in [0.05, 0.1) is 5.56 Å². The zero-order chi connectivity index (χ0) is 12.1. The van der Waals surface area contributed by atoms with Crippen molar-refractivity contribution >= 4 is 5.91 Å². The van der Waals surface area contributed by atoms with Crippen molar-refractivity contribution in [3.8, 4) is 5.75 Å². The third-order valence-electron chi connectivity index (χ3n) is 2.10. The molecular formula is C12H14FNO2. The van der Waals surface area contributed by atoms with Crippen LogP contribution in [0.15, 0.2) is 30.9 Å². The number of amides is 1. The largest absolute Gasteiger partial charge is 0.508 e. The molecule has 0 heterocycles. The van der Waals surface area contributed by atoms with Gasteiger partial charge < -0.3 is 10.4 Å². The number of carbonyl (C=O) groups excluding carboxylic acids is 1. The molecule has 1 rings (SSSR count). The molecule has 1 amide bonds. The molecule has 0 radical (unpaired) electrons. The molecule has 0 bridgehead atoms. The molecule has 1 unspecified atom stereocenters. The molecule has 3 nitrogen and oxygen atoms in total. The molecule has 0 fully saturated rings. The van der Waals surface area contributed by atoms with Crippen molar-refractivity contribution in [2.45, 2.75) is 19.4 Å². The molecule has 0 aliphatic heterocycles. The van der Waals surface area contributed by atoms with Crippen LogP contribution >= 0.6 is 0 Å². The second-order valence-electron chi connectivity index (χ2n) is 3.56. The summed E-state index contributed by atoms with van der Waals surface area (Å²) in [6.07, 6.45) is 2.30. The number of phenols is 1. The number of rotatable bonds is 4. The van der Waals surface area contributed by atoms with E-state index in [0.717, 1.165) is 6.07 Å². The summed E-state index contributed by atoms with van der Waals surface area (Å²) >= 11 is 0. The number of nitrogens with one attached hydrogen (secondary N) is 1. The Morgan fingerprint density at radius 1 is 1.69 bits per heavy atom. The van der Waals surface area contributed by atoms with E-state index in [2.05, 4.69) is 11.9 Å². The molecular weight excluding hydrogens is 209 g/mol. The first kappa shape index (κ1) is 12.2. The van der Waals surface area contributed by atoms with E-state index in [-0.39, 0.29) is 17.4 Å². The molecule has 86 valence electrons. The Hall–Kier alpha value is -1.84. The topological polar surface area (TPSA) is 49.3 Å². The fourth-order valence-corrected chi connectivity index (χ4v) is 1.30. The van der Waals surface area contributed by atoms with Crippen LogP contribution in [-0.2, 0) is 0 Å². The van der Waals surface area contributed by atoms with E-state index in [1.807, 2.05) is 0 Å². The number of phenolic OH excluding ortho intramolecular Hbond substituents is 1. The molecule has 1 aromatic rings. The van der Waals surface area contributed by atoms with E-state index >= 15 is 0 Å². The van der Waals surface area contributed by atoms with Crippen molar-refractivity contribution < 1.29 is 14.3 Å². The summed E-state index contributed by atoms with van der Waals surface area (Å²) < 4.78 is 13.3. The lowest BCUT2D eigenvalue weighted by molar-refractivity contribution is 0.0936. The van der Waals surface area contributed by atoms with Crippen molar-refractivity contribution in [2.24, 2.45) is 0 Å². The van der Waals surface area contributed by atoms with Gasteiger partial charge in [-0.25, -0.2) is 4.39 Å². The number of halogens is 1. The summed E-state index contributed by atoms with van der Waals surface area (Å²) in [4.78, 5) is 11.6.